The second-order valence-electron chi connectivity index (χ2n) is 7.49. The van der Waals surface area contributed by atoms with Gasteiger partial charge in [-0.15, -0.1) is 0 Å². The van der Waals surface area contributed by atoms with Crippen molar-refractivity contribution >= 4 is 16.7 Å². The smallest absolute Gasteiger partial charge is 0.129 e. The van der Waals surface area contributed by atoms with Crippen LogP contribution in [-0.2, 0) is 0 Å². The Hall–Kier alpha value is -3.32. The van der Waals surface area contributed by atoms with Gasteiger partial charge in [0.1, 0.15) is 11.5 Å². The number of H-pyrrole nitrogens is 1. The van der Waals surface area contributed by atoms with Gasteiger partial charge < -0.3 is 10.6 Å². The molecule has 4 aromatic rings. The molecule has 1 aliphatic heterocycles. The van der Waals surface area contributed by atoms with Gasteiger partial charge in [0.05, 0.1) is 23.1 Å². The average Bonchev–Trinajstić information content (AvgIpc) is 3.07. The molecule has 0 aromatic carbocycles. The Balaban J connectivity index is 1.52. The maximum atomic E-state index is 6.13. The van der Waals surface area contributed by atoms with E-state index in [0.29, 0.717) is 0 Å². The maximum absolute atomic E-state index is 6.13. The molecule has 0 unspecified atom stereocenters. The topological polar surface area (TPSA) is 96.6 Å². The molecule has 7 nitrogen and oxygen atoms in total. The molecule has 0 radical (unpaired) electrons. The summed E-state index contributed by atoms with van der Waals surface area (Å²) in [6.07, 6.45) is 8.56. The van der Waals surface area contributed by atoms with Gasteiger partial charge in [-0.2, -0.15) is 5.10 Å². The number of rotatable bonds is 3. The largest absolute Gasteiger partial charge is 0.357 e. The lowest BCUT2D eigenvalue weighted by Crippen LogP contribution is -2.27. The SMILES string of the molecule is N[C@@H]1CCCN(c2cccc(-c3n[nH]c4cnc(-c5cccnc5)cc34)n2)CC1. The van der Waals surface area contributed by atoms with Crippen LogP contribution in [0.5, 0.6) is 0 Å². The van der Waals surface area contributed by atoms with Crippen molar-refractivity contribution in [2.75, 3.05) is 18.0 Å². The number of nitrogens with two attached hydrogens (primary N) is 1. The van der Waals surface area contributed by atoms with E-state index in [1.165, 1.54) is 0 Å². The van der Waals surface area contributed by atoms with Gasteiger partial charge in [-0.25, -0.2) is 4.98 Å². The predicted octanol–water partition coefficient (Wildman–Crippen LogP) is 3.40. The van der Waals surface area contributed by atoms with E-state index in [-0.39, 0.29) is 6.04 Å². The van der Waals surface area contributed by atoms with Crippen LogP contribution in [0, 0.1) is 0 Å². The van der Waals surface area contributed by atoms with Crippen LogP contribution in [0.25, 0.3) is 33.5 Å². The normalized spacial score (nSPS) is 17.4. The van der Waals surface area contributed by atoms with Crippen LogP contribution in [0.2, 0.25) is 0 Å². The number of hydrogen-bond acceptors (Lipinski definition) is 6. The van der Waals surface area contributed by atoms with Crippen molar-refractivity contribution in [2.24, 2.45) is 5.73 Å². The van der Waals surface area contributed by atoms with Gasteiger partial charge >= 0.3 is 0 Å². The zero-order chi connectivity index (χ0) is 19.6. The van der Waals surface area contributed by atoms with E-state index in [0.717, 1.165) is 71.7 Å². The summed E-state index contributed by atoms with van der Waals surface area (Å²) < 4.78 is 0. The lowest BCUT2D eigenvalue weighted by Gasteiger charge is -2.21. The summed E-state index contributed by atoms with van der Waals surface area (Å²) in [5, 5.41) is 8.62. The number of nitrogens with one attached hydrogen (secondary N) is 1. The monoisotopic (exact) mass is 385 g/mol. The summed E-state index contributed by atoms with van der Waals surface area (Å²) in [7, 11) is 0. The standard InChI is InChI=1S/C22H23N7/c23-16-5-3-10-29(11-8-16)21-7-1-6-18(26-21)22-17-12-19(15-4-2-9-24-13-15)25-14-20(17)27-28-22/h1-2,4,6-7,9,12-14,16H,3,5,8,10-11,23H2,(H,27,28)/t16-/m1/s1. The highest BCUT2D eigenvalue weighted by molar-refractivity contribution is 5.93. The van der Waals surface area contributed by atoms with Gasteiger partial charge in [-0.1, -0.05) is 6.07 Å². The third-order valence-corrected chi connectivity index (χ3v) is 5.48. The minimum absolute atomic E-state index is 0.289. The summed E-state index contributed by atoms with van der Waals surface area (Å²) in [5.41, 5.74) is 10.6. The molecule has 0 saturated carbocycles. The molecular weight excluding hydrogens is 362 g/mol. The zero-order valence-electron chi connectivity index (χ0n) is 16.1. The molecule has 0 bridgehead atoms. The molecule has 0 spiro atoms. The Morgan fingerprint density at radius 1 is 1.03 bits per heavy atom. The fourth-order valence-electron chi connectivity index (χ4n) is 3.87. The number of aromatic nitrogens is 5. The van der Waals surface area contributed by atoms with Crippen LogP contribution in [0.1, 0.15) is 19.3 Å². The fraction of sp³-hybridized carbons (Fsp3) is 0.273. The molecule has 1 saturated heterocycles. The van der Waals surface area contributed by atoms with Crippen molar-refractivity contribution in [3.63, 3.8) is 0 Å². The second kappa shape index (κ2) is 7.60. The number of pyridine rings is 3. The fourth-order valence-corrected chi connectivity index (χ4v) is 3.87. The van der Waals surface area contributed by atoms with Crippen LogP contribution in [0.15, 0.2) is 55.0 Å². The van der Waals surface area contributed by atoms with Crippen molar-refractivity contribution in [3.8, 4) is 22.6 Å². The minimum Gasteiger partial charge on any atom is -0.357 e. The van der Waals surface area contributed by atoms with Crippen LogP contribution >= 0.6 is 0 Å². The van der Waals surface area contributed by atoms with Crippen molar-refractivity contribution in [2.45, 2.75) is 25.3 Å². The van der Waals surface area contributed by atoms with Crippen molar-refractivity contribution < 1.29 is 0 Å². The van der Waals surface area contributed by atoms with E-state index in [1.807, 2.05) is 42.7 Å². The molecule has 1 aliphatic rings. The minimum atomic E-state index is 0.289. The average molecular weight is 385 g/mol. The molecule has 7 heteroatoms. The van der Waals surface area contributed by atoms with E-state index in [1.54, 1.807) is 6.20 Å². The molecular formula is C22H23N7. The highest BCUT2D eigenvalue weighted by Crippen LogP contribution is 2.29. The van der Waals surface area contributed by atoms with Crippen LogP contribution < -0.4 is 10.6 Å². The lowest BCUT2D eigenvalue weighted by atomic mass is 10.1. The molecule has 4 aromatic heterocycles. The summed E-state index contributed by atoms with van der Waals surface area (Å²) in [6.45, 7) is 1.93. The van der Waals surface area contributed by atoms with E-state index < -0.39 is 0 Å². The Kier molecular flexibility index (Phi) is 4.65. The van der Waals surface area contributed by atoms with Gasteiger partial charge in [-0.05, 0) is 49.6 Å². The van der Waals surface area contributed by atoms with Crippen LogP contribution in [0.3, 0.4) is 0 Å². The van der Waals surface area contributed by atoms with Crippen molar-refractivity contribution in [1.29, 1.82) is 0 Å². The first-order chi connectivity index (χ1) is 14.3. The molecule has 0 amide bonds. The molecule has 0 aliphatic carbocycles. The van der Waals surface area contributed by atoms with E-state index in [9.17, 15) is 0 Å². The Morgan fingerprint density at radius 3 is 2.90 bits per heavy atom. The van der Waals surface area contributed by atoms with E-state index >= 15 is 0 Å². The Morgan fingerprint density at radius 2 is 2.00 bits per heavy atom. The van der Waals surface area contributed by atoms with Gasteiger partial charge in [0.15, 0.2) is 0 Å². The van der Waals surface area contributed by atoms with Gasteiger partial charge in [0.25, 0.3) is 0 Å². The summed E-state index contributed by atoms with van der Waals surface area (Å²) >= 11 is 0. The number of nitrogens with zero attached hydrogens (tertiary/aromatic N) is 5. The van der Waals surface area contributed by atoms with Gasteiger partial charge in [0, 0.05) is 42.5 Å². The quantitative estimate of drug-likeness (QED) is 0.561. The predicted molar refractivity (Wildman–Crippen MR) is 114 cm³/mol. The first-order valence-electron chi connectivity index (χ1n) is 10.0. The Bertz CT molecular complexity index is 1120. The van der Waals surface area contributed by atoms with E-state index in [2.05, 4.69) is 31.1 Å². The molecule has 1 atom stereocenters. The zero-order valence-corrected chi connectivity index (χ0v) is 16.1. The third-order valence-electron chi connectivity index (χ3n) is 5.48. The molecule has 5 rings (SSSR count). The van der Waals surface area contributed by atoms with Crippen molar-refractivity contribution in [1.82, 2.24) is 25.1 Å². The Labute approximate surface area is 169 Å². The molecule has 146 valence electrons. The molecule has 29 heavy (non-hydrogen) atoms. The van der Waals surface area contributed by atoms with Crippen molar-refractivity contribution in [3.05, 3.63) is 55.0 Å². The number of aromatic amines is 1. The summed E-state index contributed by atoms with van der Waals surface area (Å²) in [4.78, 5) is 16.0. The lowest BCUT2D eigenvalue weighted by molar-refractivity contribution is 0.601. The van der Waals surface area contributed by atoms with E-state index in [4.69, 9.17) is 10.7 Å². The number of hydrogen-bond donors (Lipinski definition) is 2. The second-order valence-corrected chi connectivity index (χ2v) is 7.49. The highest BCUT2D eigenvalue weighted by atomic mass is 15.2. The first kappa shape index (κ1) is 17.8. The molecule has 5 heterocycles. The van der Waals surface area contributed by atoms with Crippen LogP contribution in [0.4, 0.5) is 5.82 Å². The van der Waals surface area contributed by atoms with Crippen LogP contribution in [-0.4, -0.2) is 44.3 Å². The highest BCUT2D eigenvalue weighted by Gasteiger charge is 2.17. The summed E-state index contributed by atoms with van der Waals surface area (Å²) in [6, 6.07) is 12.4. The number of fused-ring (bicyclic) bond motifs is 1. The first-order valence-corrected chi connectivity index (χ1v) is 10.0. The maximum Gasteiger partial charge on any atom is 0.129 e. The van der Waals surface area contributed by atoms with Gasteiger partial charge in [0.2, 0.25) is 0 Å². The van der Waals surface area contributed by atoms with Gasteiger partial charge in [-0.3, -0.25) is 15.1 Å². The number of anilines is 1. The molecule has 1 fully saturated rings. The third kappa shape index (κ3) is 3.56. The summed E-state index contributed by atoms with van der Waals surface area (Å²) in [5.74, 6) is 0.981. The molecule has 3 N–H and O–H groups in total.